The number of benzene rings is 1. The molecule has 6 nitrogen and oxygen atoms in total. The van der Waals surface area contributed by atoms with Crippen LogP contribution >= 0.6 is 0 Å². The lowest BCUT2D eigenvalue weighted by Crippen LogP contribution is -2.29. The number of nitrogens with zero attached hydrogens (tertiary/aromatic N) is 3. The summed E-state index contributed by atoms with van der Waals surface area (Å²) < 4.78 is 26.5. The van der Waals surface area contributed by atoms with E-state index in [1.807, 2.05) is 32.0 Å². The Labute approximate surface area is 132 Å². The van der Waals surface area contributed by atoms with Crippen molar-refractivity contribution < 1.29 is 13.6 Å². The molecular formula is C15H17F2N5O. The standard InChI is InChI=1S/C15H17F2N5O/c1-9-6-14(22(2)3)21-13(19-9)8-18-15(23)20-12-7-10(16)4-5-11(12)17/h4-7H,8H2,1-3H3,(H2,18,20,23). The third-order valence-electron chi connectivity index (χ3n) is 2.93. The van der Waals surface area contributed by atoms with E-state index in [4.69, 9.17) is 0 Å². The molecule has 2 aromatic rings. The smallest absolute Gasteiger partial charge is 0.319 e. The van der Waals surface area contributed by atoms with Gasteiger partial charge in [-0.3, -0.25) is 0 Å². The number of aryl methyl sites for hydroxylation is 1. The van der Waals surface area contributed by atoms with Crippen molar-refractivity contribution in [1.29, 1.82) is 0 Å². The molecule has 2 N–H and O–H groups in total. The first kappa shape index (κ1) is 16.6. The number of aromatic nitrogens is 2. The monoisotopic (exact) mass is 321 g/mol. The van der Waals surface area contributed by atoms with Gasteiger partial charge in [-0.15, -0.1) is 0 Å². The van der Waals surface area contributed by atoms with Crippen LogP contribution in [0.5, 0.6) is 0 Å². The Morgan fingerprint density at radius 1 is 1.22 bits per heavy atom. The lowest BCUT2D eigenvalue weighted by molar-refractivity contribution is 0.251. The maximum atomic E-state index is 13.4. The van der Waals surface area contributed by atoms with E-state index in [1.165, 1.54) is 0 Å². The average molecular weight is 321 g/mol. The van der Waals surface area contributed by atoms with Crippen molar-refractivity contribution in [3.8, 4) is 0 Å². The Kier molecular flexibility index (Phi) is 5.05. The van der Waals surface area contributed by atoms with E-state index in [2.05, 4.69) is 20.6 Å². The minimum atomic E-state index is -0.719. The third-order valence-corrected chi connectivity index (χ3v) is 2.93. The number of urea groups is 1. The lowest BCUT2D eigenvalue weighted by Gasteiger charge is -2.13. The average Bonchev–Trinajstić information content (AvgIpc) is 2.48. The topological polar surface area (TPSA) is 70.2 Å². The number of nitrogens with one attached hydrogen (secondary N) is 2. The van der Waals surface area contributed by atoms with Crippen molar-refractivity contribution in [1.82, 2.24) is 15.3 Å². The van der Waals surface area contributed by atoms with Gasteiger partial charge in [-0.25, -0.2) is 23.5 Å². The summed E-state index contributed by atoms with van der Waals surface area (Å²) in [4.78, 5) is 22.1. The van der Waals surface area contributed by atoms with Crippen molar-refractivity contribution in [3.05, 3.63) is 47.4 Å². The van der Waals surface area contributed by atoms with E-state index >= 15 is 0 Å². The molecular weight excluding hydrogens is 304 g/mol. The molecule has 2 amide bonds. The van der Waals surface area contributed by atoms with Gasteiger partial charge in [0.15, 0.2) is 0 Å². The molecule has 122 valence electrons. The number of carbonyl (C=O) groups is 1. The summed E-state index contributed by atoms with van der Waals surface area (Å²) in [7, 11) is 3.69. The van der Waals surface area contributed by atoms with E-state index in [0.717, 1.165) is 23.9 Å². The molecule has 0 aliphatic rings. The lowest BCUT2D eigenvalue weighted by atomic mass is 10.3. The van der Waals surface area contributed by atoms with Crippen molar-refractivity contribution in [2.75, 3.05) is 24.3 Å². The molecule has 0 atom stereocenters. The highest BCUT2D eigenvalue weighted by molar-refractivity contribution is 5.89. The first-order valence-corrected chi connectivity index (χ1v) is 6.87. The van der Waals surface area contributed by atoms with E-state index < -0.39 is 17.7 Å². The largest absolute Gasteiger partial charge is 0.363 e. The molecule has 0 aliphatic carbocycles. The first-order chi connectivity index (χ1) is 10.8. The summed E-state index contributed by atoms with van der Waals surface area (Å²) >= 11 is 0. The Hall–Kier alpha value is -2.77. The van der Waals surface area contributed by atoms with E-state index in [1.54, 1.807) is 0 Å². The fourth-order valence-corrected chi connectivity index (χ4v) is 1.84. The number of carbonyl (C=O) groups excluding carboxylic acids is 1. The molecule has 0 bridgehead atoms. The second-order valence-electron chi connectivity index (χ2n) is 5.11. The predicted octanol–water partition coefficient (Wildman–Crippen LogP) is 2.45. The zero-order valence-electron chi connectivity index (χ0n) is 13.0. The summed E-state index contributed by atoms with van der Waals surface area (Å²) in [5, 5.41) is 4.75. The van der Waals surface area contributed by atoms with Crippen LogP contribution in [0, 0.1) is 18.6 Å². The highest BCUT2D eigenvalue weighted by Crippen LogP contribution is 2.15. The molecule has 1 heterocycles. The van der Waals surface area contributed by atoms with Crippen LogP contribution in [0.25, 0.3) is 0 Å². The van der Waals surface area contributed by atoms with Gasteiger partial charge in [0.1, 0.15) is 23.3 Å². The van der Waals surface area contributed by atoms with E-state index in [0.29, 0.717) is 11.6 Å². The van der Waals surface area contributed by atoms with E-state index in [9.17, 15) is 13.6 Å². The Morgan fingerprint density at radius 2 is 1.96 bits per heavy atom. The maximum Gasteiger partial charge on any atom is 0.319 e. The molecule has 0 spiro atoms. The summed E-state index contributed by atoms with van der Waals surface area (Å²) in [5.74, 6) is -0.225. The van der Waals surface area contributed by atoms with Crippen LogP contribution < -0.4 is 15.5 Å². The van der Waals surface area contributed by atoms with Crippen LogP contribution in [0.2, 0.25) is 0 Å². The molecule has 23 heavy (non-hydrogen) atoms. The van der Waals surface area contributed by atoms with Crippen LogP contribution in [0.3, 0.4) is 0 Å². The molecule has 2 rings (SSSR count). The number of amides is 2. The number of hydrogen-bond acceptors (Lipinski definition) is 4. The SMILES string of the molecule is Cc1cc(N(C)C)nc(CNC(=O)Nc2cc(F)ccc2F)n1. The predicted molar refractivity (Wildman–Crippen MR) is 83.3 cm³/mol. The number of hydrogen-bond donors (Lipinski definition) is 2. The van der Waals surface area contributed by atoms with Gasteiger partial charge in [-0.1, -0.05) is 0 Å². The van der Waals surface area contributed by atoms with Crippen LogP contribution in [0.15, 0.2) is 24.3 Å². The summed E-state index contributed by atoms with van der Waals surface area (Å²) in [6.07, 6.45) is 0. The van der Waals surface area contributed by atoms with Gasteiger partial charge >= 0.3 is 6.03 Å². The van der Waals surface area contributed by atoms with Gasteiger partial charge in [0.05, 0.1) is 12.2 Å². The zero-order chi connectivity index (χ0) is 17.0. The first-order valence-electron chi connectivity index (χ1n) is 6.87. The van der Waals surface area contributed by atoms with Crippen LogP contribution in [0.4, 0.5) is 25.1 Å². The second-order valence-corrected chi connectivity index (χ2v) is 5.11. The van der Waals surface area contributed by atoms with Gasteiger partial charge in [0.2, 0.25) is 0 Å². The fourth-order valence-electron chi connectivity index (χ4n) is 1.84. The van der Waals surface area contributed by atoms with Crippen molar-refractivity contribution in [2.24, 2.45) is 0 Å². The highest BCUT2D eigenvalue weighted by Gasteiger charge is 2.09. The van der Waals surface area contributed by atoms with Gasteiger partial charge in [0, 0.05) is 31.9 Å². The second kappa shape index (κ2) is 6.99. The molecule has 0 aliphatic heterocycles. The Bertz CT molecular complexity index is 721. The van der Waals surface area contributed by atoms with Gasteiger partial charge < -0.3 is 15.5 Å². The maximum absolute atomic E-state index is 13.4. The number of anilines is 2. The Balaban J connectivity index is 2.00. The normalized spacial score (nSPS) is 10.3. The summed E-state index contributed by atoms with van der Waals surface area (Å²) in [6.45, 7) is 1.88. The minimum Gasteiger partial charge on any atom is -0.363 e. The highest BCUT2D eigenvalue weighted by atomic mass is 19.1. The van der Waals surface area contributed by atoms with Crippen LogP contribution in [-0.4, -0.2) is 30.1 Å². The molecule has 0 saturated heterocycles. The zero-order valence-corrected chi connectivity index (χ0v) is 13.0. The molecule has 1 aromatic heterocycles. The Morgan fingerprint density at radius 3 is 2.65 bits per heavy atom. The van der Waals surface area contributed by atoms with Gasteiger partial charge in [0.25, 0.3) is 0 Å². The van der Waals surface area contributed by atoms with Crippen molar-refractivity contribution in [2.45, 2.75) is 13.5 Å². The molecule has 0 fully saturated rings. The fraction of sp³-hybridized carbons (Fsp3) is 0.267. The molecule has 0 saturated carbocycles. The third kappa shape index (κ3) is 4.60. The van der Waals surface area contributed by atoms with Crippen molar-refractivity contribution >= 4 is 17.5 Å². The summed E-state index contributed by atoms with van der Waals surface area (Å²) in [6, 6.07) is 3.96. The molecule has 0 unspecified atom stereocenters. The van der Waals surface area contributed by atoms with Gasteiger partial charge in [-0.05, 0) is 19.1 Å². The molecule has 1 aromatic carbocycles. The van der Waals surface area contributed by atoms with Gasteiger partial charge in [-0.2, -0.15) is 0 Å². The molecule has 0 radical (unpaired) electrons. The summed E-state index contributed by atoms with van der Waals surface area (Å²) in [5.41, 5.74) is 0.527. The van der Waals surface area contributed by atoms with E-state index in [-0.39, 0.29) is 12.2 Å². The molecule has 8 heteroatoms. The van der Waals surface area contributed by atoms with Crippen molar-refractivity contribution in [3.63, 3.8) is 0 Å². The number of rotatable bonds is 4. The minimum absolute atomic E-state index is 0.0608. The quantitative estimate of drug-likeness (QED) is 0.907. The number of halogens is 2. The van der Waals surface area contributed by atoms with Crippen LogP contribution in [0.1, 0.15) is 11.5 Å². The van der Waals surface area contributed by atoms with Crippen LogP contribution in [-0.2, 0) is 6.54 Å².